The Kier molecular flexibility index (Phi) is 4.82. The van der Waals surface area contributed by atoms with Crippen molar-refractivity contribution in [2.45, 2.75) is 25.8 Å². The van der Waals surface area contributed by atoms with Gasteiger partial charge in [-0.3, -0.25) is 9.59 Å². The van der Waals surface area contributed by atoms with Crippen molar-refractivity contribution in [2.75, 3.05) is 18.6 Å². The van der Waals surface area contributed by atoms with E-state index in [9.17, 15) is 9.59 Å². The number of aromatic nitrogens is 3. The third-order valence-corrected chi connectivity index (χ3v) is 5.77. The van der Waals surface area contributed by atoms with Gasteiger partial charge < -0.3 is 9.88 Å². The number of carbonyl (C=O) groups excluding carboxylic acids is 1. The van der Waals surface area contributed by atoms with Gasteiger partial charge in [-0.05, 0) is 31.3 Å². The minimum atomic E-state index is -0.414. The van der Waals surface area contributed by atoms with Crippen LogP contribution in [0.5, 0.6) is 0 Å². The number of amides is 1. The first-order valence-electron chi connectivity index (χ1n) is 7.43. The Morgan fingerprint density at radius 3 is 2.74 bits per heavy atom. The quantitative estimate of drug-likeness (QED) is 0.918. The summed E-state index contributed by atoms with van der Waals surface area (Å²) in [6.07, 6.45) is 3.29. The number of hydrogen-bond acceptors (Lipinski definition) is 6. The number of thioether (sulfide) groups is 1. The largest absolute Gasteiger partial charge is 0.338 e. The van der Waals surface area contributed by atoms with Crippen molar-refractivity contribution < 1.29 is 4.79 Å². The predicted octanol–water partition coefficient (Wildman–Crippen LogP) is 2.17. The normalized spacial score (nSPS) is 15.6. The van der Waals surface area contributed by atoms with Gasteiger partial charge in [0.1, 0.15) is 11.3 Å². The first kappa shape index (κ1) is 16.2. The molecule has 1 amide bonds. The molecule has 1 aliphatic rings. The molecule has 1 aliphatic heterocycles. The van der Waals surface area contributed by atoms with Crippen LogP contribution in [0.2, 0.25) is 0 Å². The van der Waals surface area contributed by atoms with Crippen LogP contribution in [0.15, 0.2) is 16.4 Å². The second kappa shape index (κ2) is 6.84. The number of H-pyrrole nitrogens is 1. The lowest BCUT2D eigenvalue weighted by Crippen LogP contribution is -2.41. The highest BCUT2D eigenvalue weighted by Gasteiger charge is 2.25. The fraction of sp³-hybridized carbons (Fsp3) is 0.467. The highest BCUT2D eigenvalue weighted by Crippen LogP contribution is 2.22. The number of nitrogens with zero attached hydrogens (tertiary/aromatic N) is 3. The van der Waals surface area contributed by atoms with E-state index in [0.717, 1.165) is 29.4 Å². The summed E-state index contributed by atoms with van der Waals surface area (Å²) in [5, 5.41) is 2.73. The van der Waals surface area contributed by atoms with E-state index in [-0.39, 0.29) is 17.5 Å². The van der Waals surface area contributed by atoms with Gasteiger partial charge in [-0.2, -0.15) is 11.8 Å². The molecule has 23 heavy (non-hydrogen) atoms. The zero-order valence-electron chi connectivity index (χ0n) is 13.0. The lowest BCUT2D eigenvalue weighted by Gasteiger charge is -2.30. The lowest BCUT2D eigenvalue weighted by molar-refractivity contribution is 0.0721. The lowest BCUT2D eigenvalue weighted by atomic mass is 10.1. The van der Waals surface area contributed by atoms with Crippen LogP contribution in [0.25, 0.3) is 11.5 Å². The minimum Gasteiger partial charge on any atom is -0.338 e. The molecule has 6 nitrogen and oxygen atoms in total. The topological polar surface area (TPSA) is 79.0 Å². The summed E-state index contributed by atoms with van der Waals surface area (Å²) in [5.74, 6) is 2.24. The monoisotopic (exact) mass is 350 g/mol. The molecule has 0 unspecified atom stereocenters. The third-order valence-electron chi connectivity index (χ3n) is 3.95. The first-order chi connectivity index (χ1) is 11.1. The van der Waals surface area contributed by atoms with E-state index >= 15 is 0 Å². The zero-order valence-corrected chi connectivity index (χ0v) is 14.7. The van der Waals surface area contributed by atoms with Crippen LogP contribution in [0.1, 0.15) is 28.2 Å². The molecule has 1 fully saturated rings. The summed E-state index contributed by atoms with van der Waals surface area (Å²) in [6.45, 7) is 1.89. The Hall–Kier alpha value is -1.67. The molecular formula is C15H18N4O2S2. The number of nitrogens with one attached hydrogen (secondary N) is 1. The van der Waals surface area contributed by atoms with E-state index in [1.165, 1.54) is 17.5 Å². The molecule has 1 N–H and O–H groups in total. The number of aromatic amines is 1. The molecule has 2 aromatic rings. The highest BCUT2D eigenvalue weighted by atomic mass is 32.2. The number of carbonyl (C=O) groups is 1. The van der Waals surface area contributed by atoms with E-state index in [1.54, 1.807) is 11.9 Å². The van der Waals surface area contributed by atoms with Crippen molar-refractivity contribution in [3.05, 3.63) is 32.5 Å². The number of hydrogen-bond donors (Lipinski definition) is 1. The van der Waals surface area contributed by atoms with Crippen LogP contribution in [0, 0.1) is 6.92 Å². The van der Waals surface area contributed by atoms with Crippen LogP contribution in [-0.4, -0.2) is 50.4 Å². The Morgan fingerprint density at radius 2 is 2.13 bits per heavy atom. The van der Waals surface area contributed by atoms with Gasteiger partial charge in [0.05, 0.1) is 5.01 Å². The van der Waals surface area contributed by atoms with Crippen molar-refractivity contribution in [1.29, 1.82) is 0 Å². The summed E-state index contributed by atoms with van der Waals surface area (Å²) in [6, 6.07) is 0.198. The molecule has 0 aliphatic carbocycles. The summed E-state index contributed by atoms with van der Waals surface area (Å²) in [4.78, 5) is 37.7. The summed E-state index contributed by atoms with van der Waals surface area (Å²) >= 11 is 3.39. The standard InChI is InChI=1S/C15H18N4O2S2/c1-9-17-12(8-23-9)13-16-7-11(14(20)18-13)15(21)19(2)10-3-5-22-6-4-10/h7-8,10H,3-6H2,1-2H3,(H,16,18,20). The van der Waals surface area contributed by atoms with Gasteiger partial charge in [0, 0.05) is 24.7 Å². The molecule has 0 saturated carbocycles. The van der Waals surface area contributed by atoms with Crippen LogP contribution in [0.4, 0.5) is 0 Å². The number of aryl methyl sites for hydroxylation is 1. The maximum absolute atomic E-state index is 12.6. The van der Waals surface area contributed by atoms with Crippen LogP contribution in [-0.2, 0) is 0 Å². The van der Waals surface area contributed by atoms with Crippen molar-refractivity contribution in [3.63, 3.8) is 0 Å². The van der Waals surface area contributed by atoms with Crippen LogP contribution < -0.4 is 5.56 Å². The van der Waals surface area contributed by atoms with Gasteiger partial charge in [0.15, 0.2) is 5.82 Å². The van der Waals surface area contributed by atoms with Crippen molar-refractivity contribution in [3.8, 4) is 11.5 Å². The van der Waals surface area contributed by atoms with Gasteiger partial charge in [0.2, 0.25) is 0 Å². The average Bonchev–Trinajstić information content (AvgIpc) is 3.01. The van der Waals surface area contributed by atoms with Gasteiger partial charge in [-0.15, -0.1) is 11.3 Å². The fourth-order valence-corrected chi connectivity index (χ4v) is 4.26. The highest BCUT2D eigenvalue weighted by molar-refractivity contribution is 7.99. The van der Waals surface area contributed by atoms with E-state index in [2.05, 4.69) is 15.0 Å². The second-order valence-electron chi connectivity index (χ2n) is 5.49. The average molecular weight is 350 g/mol. The van der Waals surface area contributed by atoms with Crippen molar-refractivity contribution >= 4 is 29.0 Å². The fourth-order valence-electron chi connectivity index (χ4n) is 2.58. The maximum atomic E-state index is 12.6. The van der Waals surface area contributed by atoms with Crippen molar-refractivity contribution in [1.82, 2.24) is 19.9 Å². The minimum absolute atomic E-state index is 0.0847. The van der Waals surface area contributed by atoms with Gasteiger partial charge >= 0.3 is 0 Å². The molecule has 122 valence electrons. The SMILES string of the molecule is Cc1nc(-c2ncc(C(=O)N(C)C3CCSCC3)c(=O)[nH]2)cs1. The van der Waals surface area contributed by atoms with Gasteiger partial charge in [0.25, 0.3) is 11.5 Å². The Bertz CT molecular complexity index is 765. The summed E-state index contributed by atoms with van der Waals surface area (Å²) in [7, 11) is 1.76. The Balaban J connectivity index is 1.82. The number of rotatable bonds is 3. The van der Waals surface area contributed by atoms with Crippen LogP contribution >= 0.6 is 23.1 Å². The molecule has 0 aromatic carbocycles. The maximum Gasteiger partial charge on any atom is 0.264 e. The Morgan fingerprint density at radius 1 is 1.39 bits per heavy atom. The smallest absolute Gasteiger partial charge is 0.264 e. The molecular weight excluding hydrogens is 332 g/mol. The molecule has 0 atom stereocenters. The molecule has 0 radical (unpaired) electrons. The van der Waals surface area contributed by atoms with Gasteiger partial charge in [-0.25, -0.2) is 9.97 Å². The molecule has 1 saturated heterocycles. The van der Waals surface area contributed by atoms with E-state index in [4.69, 9.17) is 0 Å². The van der Waals surface area contributed by atoms with Crippen molar-refractivity contribution in [2.24, 2.45) is 0 Å². The zero-order chi connectivity index (χ0) is 16.4. The van der Waals surface area contributed by atoms with E-state index in [0.29, 0.717) is 11.5 Å². The first-order valence-corrected chi connectivity index (χ1v) is 9.46. The Labute approximate surface area is 142 Å². The molecule has 0 spiro atoms. The summed E-state index contributed by atoms with van der Waals surface area (Å²) in [5.41, 5.74) is 0.297. The van der Waals surface area contributed by atoms with E-state index < -0.39 is 5.56 Å². The molecule has 0 bridgehead atoms. The predicted molar refractivity (Wildman–Crippen MR) is 93.1 cm³/mol. The van der Waals surface area contributed by atoms with Gasteiger partial charge in [-0.1, -0.05) is 0 Å². The number of thiazole rings is 1. The molecule has 8 heteroatoms. The third kappa shape index (κ3) is 3.48. The molecule has 2 aromatic heterocycles. The molecule has 3 heterocycles. The molecule has 3 rings (SSSR count). The van der Waals surface area contributed by atoms with Crippen LogP contribution in [0.3, 0.4) is 0 Å². The summed E-state index contributed by atoms with van der Waals surface area (Å²) < 4.78 is 0. The van der Waals surface area contributed by atoms with E-state index in [1.807, 2.05) is 24.1 Å². The second-order valence-corrected chi connectivity index (χ2v) is 7.77.